The van der Waals surface area contributed by atoms with Crippen LogP contribution in [0.2, 0.25) is 0 Å². The molecule has 0 spiro atoms. The topological polar surface area (TPSA) is 30.5 Å². The molecule has 1 aliphatic rings. The smallest absolute Gasteiger partial charge is 0.137 e. The van der Waals surface area contributed by atoms with Crippen LogP contribution in [0.15, 0.2) is 18.2 Å². The lowest BCUT2D eigenvalue weighted by Gasteiger charge is -2.32. The number of aryl methyl sites for hydroxylation is 2. The van der Waals surface area contributed by atoms with E-state index in [0.29, 0.717) is 12.6 Å². The Bertz CT molecular complexity index is 378. The Labute approximate surface area is 103 Å². The van der Waals surface area contributed by atoms with Gasteiger partial charge in [0.15, 0.2) is 0 Å². The molecule has 3 nitrogen and oxygen atoms in total. The molecule has 1 N–H and O–H groups in total. The molecule has 0 aliphatic carbocycles. The summed E-state index contributed by atoms with van der Waals surface area (Å²) in [5.41, 5.74) is 2.45. The summed E-state index contributed by atoms with van der Waals surface area (Å²) >= 11 is 0. The molecule has 1 saturated heterocycles. The van der Waals surface area contributed by atoms with Crippen molar-refractivity contribution in [1.29, 1.82) is 0 Å². The van der Waals surface area contributed by atoms with E-state index in [4.69, 9.17) is 9.47 Å². The molecule has 1 aliphatic heterocycles. The molecule has 1 fully saturated rings. The number of hydrogen-bond acceptors (Lipinski definition) is 3. The third-order valence-electron chi connectivity index (χ3n) is 3.28. The third-order valence-corrected chi connectivity index (χ3v) is 3.28. The van der Waals surface area contributed by atoms with Gasteiger partial charge < -0.3 is 14.8 Å². The van der Waals surface area contributed by atoms with Crippen LogP contribution in [0.1, 0.15) is 17.5 Å². The fourth-order valence-corrected chi connectivity index (χ4v) is 2.25. The van der Waals surface area contributed by atoms with Crippen molar-refractivity contribution < 1.29 is 9.47 Å². The van der Waals surface area contributed by atoms with E-state index in [1.807, 2.05) is 13.1 Å². The number of likely N-dealkylation sites (N-methyl/N-ethyl adjacent to an activating group) is 1. The van der Waals surface area contributed by atoms with Crippen molar-refractivity contribution in [2.24, 2.45) is 0 Å². The van der Waals surface area contributed by atoms with Crippen molar-refractivity contribution in [2.75, 3.05) is 20.3 Å². The number of ether oxygens (including phenoxy) is 2. The molecule has 1 aromatic carbocycles. The molecule has 1 heterocycles. The van der Waals surface area contributed by atoms with E-state index in [2.05, 4.69) is 31.3 Å². The van der Waals surface area contributed by atoms with Gasteiger partial charge in [-0.1, -0.05) is 17.7 Å². The van der Waals surface area contributed by atoms with E-state index < -0.39 is 0 Å². The molecule has 0 saturated carbocycles. The lowest BCUT2D eigenvalue weighted by Crippen LogP contribution is -2.48. The zero-order valence-electron chi connectivity index (χ0n) is 10.8. The predicted molar refractivity (Wildman–Crippen MR) is 68.6 cm³/mol. The van der Waals surface area contributed by atoms with Gasteiger partial charge in [0, 0.05) is 12.6 Å². The SMILES string of the molecule is CNC1CCOCC1Oc1ccc(C)cc1C. The average molecular weight is 235 g/mol. The van der Waals surface area contributed by atoms with Gasteiger partial charge >= 0.3 is 0 Å². The van der Waals surface area contributed by atoms with E-state index in [9.17, 15) is 0 Å². The first-order valence-electron chi connectivity index (χ1n) is 6.19. The van der Waals surface area contributed by atoms with Gasteiger partial charge in [-0.2, -0.15) is 0 Å². The molecule has 2 rings (SSSR count). The quantitative estimate of drug-likeness (QED) is 0.870. The Balaban J connectivity index is 2.08. The van der Waals surface area contributed by atoms with E-state index >= 15 is 0 Å². The molecule has 0 bridgehead atoms. The number of hydrogen-bond donors (Lipinski definition) is 1. The number of nitrogens with one attached hydrogen (secondary N) is 1. The van der Waals surface area contributed by atoms with Gasteiger partial charge in [-0.15, -0.1) is 0 Å². The molecule has 17 heavy (non-hydrogen) atoms. The van der Waals surface area contributed by atoms with Crippen molar-refractivity contribution in [1.82, 2.24) is 5.32 Å². The lowest BCUT2D eigenvalue weighted by molar-refractivity contribution is -0.0131. The largest absolute Gasteiger partial charge is 0.486 e. The van der Waals surface area contributed by atoms with Crippen LogP contribution in [0.25, 0.3) is 0 Å². The second-order valence-electron chi connectivity index (χ2n) is 4.68. The first-order valence-corrected chi connectivity index (χ1v) is 6.19. The highest BCUT2D eigenvalue weighted by atomic mass is 16.5. The molecule has 3 heteroatoms. The van der Waals surface area contributed by atoms with Crippen molar-refractivity contribution in [2.45, 2.75) is 32.4 Å². The van der Waals surface area contributed by atoms with Gasteiger partial charge in [0.25, 0.3) is 0 Å². The summed E-state index contributed by atoms with van der Waals surface area (Å²) in [7, 11) is 1.98. The van der Waals surface area contributed by atoms with Crippen LogP contribution in [0, 0.1) is 13.8 Å². The molecule has 0 aromatic heterocycles. The predicted octanol–water partition coefficient (Wildman–Crippen LogP) is 2.06. The number of rotatable bonds is 3. The van der Waals surface area contributed by atoms with Crippen LogP contribution in [0.3, 0.4) is 0 Å². The summed E-state index contributed by atoms with van der Waals surface area (Å²) < 4.78 is 11.5. The zero-order chi connectivity index (χ0) is 12.3. The van der Waals surface area contributed by atoms with Gasteiger partial charge in [-0.05, 0) is 38.9 Å². The van der Waals surface area contributed by atoms with Crippen LogP contribution in [-0.2, 0) is 4.74 Å². The monoisotopic (exact) mass is 235 g/mol. The fourth-order valence-electron chi connectivity index (χ4n) is 2.25. The average Bonchev–Trinajstić information content (AvgIpc) is 2.33. The highest BCUT2D eigenvalue weighted by molar-refractivity contribution is 5.35. The minimum absolute atomic E-state index is 0.107. The molecular weight excluding hydrogens is 214 g/mol. The van der Waals surface area contributed by atoms with E-state index in [-0.39, 0.29) is 6.10 Å². The maximum atomic E-state index is 6.06. The van der Waals surface area contributed by atoms with Crippen molar-refractivity contribution in [3.63, 3.8) is 0 Å². The second-order valence-corrected chi connectivity index (χ2v) is 4.68. The Hall–Kier alpha value is -1.06. The van der Waals surface area contributed by atoms with Crippen LogP contribution in [0.4, 0.5) is 0 Å². The minimum Gasteiger partial charge on any atom is -0.486 e. The normalized spacial score (nSPS) is 24.6. The summed E-state index contributed by atoms with van der Waals surface area (Å²) in [5.74, 6) is 0.964. The first kappa shape index (κ1) is 12.4. The van der Waals surface area contributed by atoms with Crippen LogP contribution < -0.4 is 10.1 Å². The van der Waals surface area contributed by atoms with Crippen molar-refractivity contribution >= 4 is 0 Å². The highest BCUT2D eigenvalue weighted by Crippen LogP contribution is 2.22. The summed E-state index contributed by atoms with van der Waals surface area (Å²) in [6.07, 6.45) is 1.11. The molecule has 0 amide bonds. The summed E-state index contributed by atoms with van der Waals surface area (Å²) in [6, 6.07) is 6.66. The van der Waals surface area contributed by atoms with E-state index in [1.54, 1.807) is 0 Å². The molecule has 94 valence electrons. The Morgan fingerprint density at radius 2 is 2.18 bits per heavy atom. The van der Waals surface area contributed by atoms with E-state index in [1.165, 1.54) is 11.1 Å². The Morgan fingerprint density at radius 1 is 1.35 bits per heavy atom. The van der Waals surface area contributed by atoms with Gasteiger partial charge in [0.1, 0.15) is 11.9 Å². The Morgan fingerprint density at radius 3 is 2.88 bits per heavy atom. The number of benzene rings is 1. The van der Waals surface area contributed by atoms with Crippen LogP contribution in [-0.4, -0.2) is 32.4 Å². The van der Waals surface area contributed by atoms with Gasteiger partial charge in [-0.3, -0.25) is 0 Å². The molecular formula is C14H21NO2. The van der Waals surface area contributed by atoms with Crippen LogP contribution >= 0.6 is 0 Å². The summed E-state index contributed by atoms with van der Waals surface area (Å²) in [6.45, 7) is 5.66. The first-order chi connectivity index (χ1) is 8.20. The standard InChI is InChI=1S/C14H21NO2/c1-10-4-5-13(11(2)8-10)17-14-9-16-7-6-12(14)15-3/h4-5,8,12,14-15H,6-7,9H2,1-3H3. The maximum absolute atomic E-state index is 6.06. The van der Waals surface area contributed by atoms with Crippen molar-refractivity contribution in [3.05, 3.63) is 29.3 Å². The third kappa shape index (κ3) is 2.99. The summed E-state index contributed by atoms with van der Waals surface area (Å²) in [4.78, 5) is 0. The lowest BCUT2D eigenvalue weighted by atomic mass is 10.1. The molecule has 0 radical (unpaired) electrons. The van der Waals surface area contributed by atoms with Gasteiger partial charge in [0.2, 0.25) is 0 Å². The second kappa shape index (κ2) is 5.52. The maximum Gasteiger partial charge on any atom is 0.137 e. The van der Waals surface area contributed by atoms with E-state index in [0.717, 1.165) is 18.8 Å². The highest BCUT2D eigenvalue weighted by Gasteiger charge is 2.26. The fraction of sp³-hybridized carbons (Fsp3) is 0.571. The molecule has 2 atom stereocenters. The van der Waals surface area contributed by atoms with Crippen molar-refractivity contribution in [3.8, 4) is 5.75 Å². The zero-order valence-corrected chi connectivity index (χ0v) is 10.8. The minimum atomic E-state index is 0.107. The summed E-state index contributed by atoms with van der Waals surface area (Å²) in [5, 5.41) is 3.30. The van der Waals surface area contributed by atoms with Crippen LogP contribution in [0.5, 0.6) is 5.75 Å². The Kier molecular flexibility index (Phi) is 4.02. The van der Waals surface area contributed by atoms with Gasteiger partial charge in [0.05, 0.1) is 6.61 Å². The molecule has 2 unspecified atom stereocenters. The van der Waals surface area contributed by atoms with Gasteiger partial charge in [-0.25, -0.2) is 0 Å². The molecule has 1 aromatic rings.